The lowest BCUT2D eigenvalue weighted by molar-refractivity contribution is 0.207. The molecule has 1 atom stereocenters. The van der Waals surface area contributed by atoms with Crippen LogP contribution in [0.5, 0.6) is 5.75 Å². The molecule has 30 heavy (non-hydrogen) atoms. The van der Waals surface area contributed by atoms with E-state index >= 15 is 0 Å². The Morgan fingerprint density at radius 1 is 1.03 bits per heavy atom. The number of benzene rings is 2. The van der Waals surface area contributed by atoms with Crippen molar-refractivity contribution in [2.45, 2.75) is 19.6 Å². The minimum atomic E-state index is -0.223. The summed E-state index contributed by atoms with van der Waals surface area (Å²) in [6.45, 7) is 6.11. The highest BCUT2D eigenvalue weighted by atomic mass is 35.5. The minimum absolute atomic E-state index is 0.156. The van der Waals surface area contributed by atoms with Crippen molar-refractivity contribution in [3.05, 3.63) is 93.5 Å². The maximum Gasteiger partial charge on any atom is 0.227 e. The molecule has 0 radical (unpaired) electrons. The molecule has 156 valence electrons. The van der Waals surface area contributed by atoms with E-state index in [1.165, 1.54) is 12.3 Å². The first kappa shape index (κ1) is 20.5. The SMILES string of the molecule is C[C@@H](Oc1coc(CN2CCN(c3cccc(Cl)c3)CC2)cc1=O)c1ccccc1. The van der Waals surface area contributed by atoms with Crippen LogP contribution in [0.1, 0.15) is 24.4 Å². The molecule has 5 nitrogen and oxygen atoms in total. The highest BCUT2D eigenvalue weighted by Crippen LogP contribution is 2.22. The Bertz CT molecular complexity index is 1030. The van der Waals surface area contributed by atoms with E-state index in [9.17, 15) is 4.79 Å². The monoisotopic (exact) mass is 424 g/mol. The maximum absolute atomic E-state index is 12.5. The fourth-order valence-electron chi connectivity index (χ4n) is 3.65. The summed E-state index contributed by atoms with van der Waals surface area (Å²) in [6.07, 6.45) is 1.21. The summed E-state index contributed by atoms with van der Waals surface area (Å²) in [6, 6.07) is 19.3. The average Bonchev–Trinajstić information content (AvgIpc) is 2.77. The quantitative estimate of drug-likeness (QED) is 0.571. The molecule has 0 saturated carbocycles. The topological polar surface area (TPSA) is 45.9 Å². The van der Waals surface area contributed by atoms with E-state index in [2.05, 4.69) is 15.9 Å². The first-order valence-corrected chi connectivity index (χ1v) is 10.5. The Hall–Kier alpha value is -2.76. The summed E-state index contributed by atoms with van der Waals surface area (Å²) in [5, 5.41) is 0.751. The fourth-order valence-corrected chi connectivity index (χ4v) is 3.83. The van der Waals surface area contributed by atoms with Crippen molar-refractivity contribution in [1.29, 1.82) is 0 Å². The van der Waals surface area contributed by atoms with Gasteiger partial charge in [0.05, 0.1) is 6.54 Å². The van der Waals surface area contributed by atoms with Gasteiger partial charge in [-0.2, -0.15) is 0 Å². The van der Waals surface area contributed by atoms with E-state index < -0.39 is 0 Å². The van der Waals surface area contributed by atoms with Crippen molar-refractivity contribution in [2.75, 3.05) is 31.1 Å². The molecule has 0 N–H and O–H groups in total. The van der Waals surface area contributed by atoms with Crippen LogP contribution in [0, 0.1) is 0 Å². The molecule has 6 heteroatoms. The summed E-state index contributed by atoms with van der Waals surface area (Å²) in [4.78, 5) is 17.1. The number of hydrogen-bond donors (Lipinski definition) is 0. The Balaban J connectivity index is 1.33. The second-order valence-electron chi connectivity index (χ2n) is 7.49. The molecule has 0 amide bonds. The molecule has 0 unspecified atom stereocenters. The van der Waals surface area contributed by atoms with Crippen LogP contribution in [-0.4, -0.2) is 31.1 Å². The van der Waals surface area contributed by atoms with Crippen LogP contribution >= 0.6 is 11.6 Å². The average molecular weight is 425 g/mol. The van der Waals surface area contributed by atoms with E-state index in [1.54, 1.807) is 0 Å². The summed E-state index contributed by atoms with van der Waals surface area (Å²) < 4.78 is 11.5. The molecule has 4 rings (SSSR count). The highest BCUT2D eigenvalue weighted by Gasteiger charge is 2.19. The second kappa shape index (κ2) is 9.37. The zero-order chi connectivity index (χ0) is 20.9. The normalized spacial score (nSPS) is 15.7. The number of rotatable bonds is 6. The van der Waals surface area contributed by atoms with Crippen LogP contribution in [0.2, 0.25) is 5.02 Å². The molecule has 1 aliphatic rings. The zero-order valence-electron chi connectivity index (χ0n) is 17.0. The van der Waals surface area contributed by atoms with Gasteiger partial charge in [0, 0.05) is 43.0 Å². The lowest BCUT2D eigenvalue weighted by atomic mass is 10.1. The maximum atomic E-state index is 12.5. The van der Waals surface area contributed by atoms with Gasteiger partial charge in [-0.1, -0.05) is 48.0 Å². The Kier molecular flexibility index (Phi) is 6.41. The van der Waals surface area contributed by atoms with Crippen molar-refractivity contribution >= 4 is 17.3 Å². The molecule has 1 fully saturated rings. The van der Waals surface area contributed by atoms with Gasteiger partial charge in [-0.25, -0.2) is 0 Å². The van der Waals surface area contributed by atoms with Crippen LogP contribution in [0.3, 0.4) is 0 Å². The zero-order valence-corrected chi connectivity index (χ0v) is 17.7. The van der Waals surface area contributed by atoms with Gasteiger partial charge in [-0.15, -0.1) is 0 Å². The predicted octanol–water partition coefficient (Wildman–Crippen LogP) is 4.76. The second-order valence-corrected chi connectivity index (χ2v) is 7.93. The molecule has 2 aromatic carbocycles. The number of piperazine rings is 1. The number of nitrogens with zero attached hydrogens (tertiary/aromatic N) is 2. The van der Waals surface area contributed by atoms with E-state index in [0.29, 0.717) is 12.3 Å². The van der Waals surface area contributed by atoms with Gasteiger partial charge in [0.25, 0.3) is 0 Å². The minimum Gasteiger partial charge on any atom is -0.479 e. The van der Waals surface area contributed by atoms with Crippen molar-refractivity contribution in [3.63, 3.8) is 0 Å². The van der Waals surface area contributed by atoms with E-state index in [4.69, 9.17) is 20.8 Å². The van der Waals surface area contributed by atoms with Gasteiger partial charge in [-0.3, -0.25) is 9.69 Å². The lowest BCUT2D eigenvalue weighted by Crippen LogP contribution is -2.46. The van der Waals surface area contributed by atoms with Crippen molar-refractivity contribution in [2.24, 2.45) is 0 Å². The van der Waals surface area contributed by atoms with Crippen LogP contribution < -0.4 is 15.1 Å². The van der Waals surface area contributed by atoms with Crippen molar-refractivity contribution < 1.29 is 9.15 Å². The fraction of sp³-hybridized carbons (Fsp3) is 0.292. The Labute approximate surface area is 181 Å². The van der Waals surface area contributed by atoms with Gasteiger partial charge in [0.2, 0.25) is 11.2 Å². The van der Waals surface area contributed by atoms with E-state index in [-0.39, 0.29) is 17.3 Å². The van der Waals surface area contributed by atoms with Crippen LogP contribution in [-0.2, 0) is 6.54 Å². The smallest absolute Gasteiger partial charge is 0.227 e. The van der Waals surface area contributed by atoms with Crippen molar-refractivity contribution in [3.8, 4) is 5.75 Å². The van der Waals surface area contributed by atoms with Gasteiger partial charge >= 0.3 is 0 Å². The molecular weight excluding hydrogens is 400 g/mol. The van der Waals surface area contributed by atoms with Crippen LogP contribution in [0.4, 0.5) is 5.69 Å². The number of hydrogen-bond acceptors (Lipinski definition) is 5. The molecule has 0 bridgehead atoms. The molecule has 1 aliphatic heterocycles. The predicted molar refractivity (Wildman–Crippen MR) is 119 cm³/mol. The van der Waals surface area contributed by atoms with E-state index in [0.717, 1.165) is 42.5 Å². The molecule has 3 aromatic rings. The number of anilines is 1. The third-order valence-electron chi connectivity index (χ3n) is 5.35. The molecular formula is C24H25ClN2O3. The first-order chi connectivity index (χ1) is 14.6. The van der Waals surface area contributed by atoms with Crippen LogP contribution in [0.25, 0.3) is 0 Å². The summed E-state index contributed by atoms with van der Waals surface area (Å²) in [5.41, 5.74) is 2.00. The third-order valence-corrected chi connectivity index (χ3v) is 5.59. The largest absolute Gasteiger partial charge is 0.479 e. The van der Waals surface area contributed by atoms with Gasteiger partial charge < -0.3 is 14.1 Å². The van der Waals surface area contributed by atoms with Crippen molar-refractivity contribution in [1.82, 2.24) is 4.90 Å². The molecule has 1 saturated heterocycles. The molecule has 1 aromatic heterocycles. The highest BCUT2D eigenvalue weighted by molar-refractivity contribution is 6.30. The van der Waals surface area contributed by atoms with Gasteiger partial charge in [0.1, 0.15) is 18.1 Å². The lowest BCUT2D eigenvalue weighted by Gasteiger charge is -2.35. The third kappa shape index (κ3) is 5.04. The van der Waals surface area contributed by atoms with Crippen LogP contribution in [0.15, 0.2) is 76.1 Å². The molecule has 0 aliphatic carbocycles. The Morgan fingerprint density at radius 2 is 1.80 bits per heavy atom. The van der Waals surface area contributed by atoms with E-state index in [1.807, 2.05) is 55.5 Å². The summed E-state index contributed by atoms with van der Waals surface area (Å²) in [7, 11) is 0. The molecule has 2 heterocycles. The number of ether oxygens (including phenoxy) is 1. The van der Waals surface area contributed by atoms with Gasteiger partial charge in [-0.05, 0) is 30.7 Å². The number of halogens is 1. The van der Waals surface area contributed by atoms with Gasteiger partial charge in [0.15, 0.2) is 0 Å². The first-order valence-electron chi connectivity index (χ1n) is 10.1. The summed E-state index contributed by atoms with van der Waals surface area (Å²) in [5.74, 6) is 0.886. The summed E-state index contributed by atoms with van der Waals surface area (Å²) >= 11 is 6.10. The standard InChI is InChI=1S/C24H25ClN2O3/c1-18(19-6-3-2-4-7-19)30-24-17-29-22(15-23(24)28)16-26-10-12-27(13-11-26)21-9-5-8-20(25)14-21/h2-9,14-15,17-18H,10-13,16H2,1H3/t18-/m1/s1. The molecule has 0 spiro atoms. The Morgan fingerprint density at radius 3 is 2.50 bits per heavy atom.